The number of nitrogens with zero attached hydrogens (tertiary/aromatic N) is 2. The van der Waals surface area contributed by atoms with Gasteiger partial charge in [0.2, 0.25) is 0 Å². The fraction of sp³-hybridized carbons (Fsp3) is 0. The lowest BCUT2D eigenvalue weighted by atomic mass is 10.1. The molecule has 5 heteroatoms. The Morgan fingerprint density at radius 3 is 2.75 bits per heavy atom. The molecule has 2 aromatic rings. The first-order chi connectivity index (χ1) is 7.86. The van der Waals surface area contributed by atoms with Crippen molar-refractivity contribution in [3.63, 3.8) is 0 Å². The third-order valence-corrected chi connectivity index (χ3v) is 3.25. The van der Waals surface area contributed by atoms with Crippen LogP contribution in [0.4, 0.5) is 5.69 Å². The molecule has 2 aromatic carbocycles. The van der Waals surface area contributed by atoms with Crippen LogP contribution in [0.2, 0.25) is 0 Å². The van der Waals surface area contributed by atoms with Crippen molar-refractivity contribution in [2.24, 2.45) is 5.16 Å². The molecule has 1 aliphatic rings. The second kappa shape index (κ2) is 3.61. The molecule has 1 aliphatic heterocycles. The van der Waals surface area contributed by atoms with Gasteiger partial charge in [-0.25, -0.2) is 4.31 Å². The molecular weight excluding hydrogens is 224 g/mol. The summed E-state index contributed by atoms with van der Waals surface area (Å²) in [5.74, 6) is 0. The molecule has 0 saturated carbocycles. The van der Waals surface area contributed by atoms with Gasteiger partial charge in [-0.15, -0.1) is 0 Å². The van der Waals surface area contributed by atoms with Crippen LogP contribution in [0.15, 0.2) is 47.6 Å². The topological polar surface area (TPSA) is 41.9 Å². The Kier molecular flexibility index (Phi) is 2.11. The summed E-state index contributed by atoms with van der Waals surface area (Å²) in [6.45, 7) is 0. The van der Waals surface area contributed by atoms with E-state index in [0.717, 1.165) is 16.5 Å². The minimum atomic E-state index is -1.56. The molecule has 4 nitrogen and oxygen atoms in total. The van der Waals surface area contributed by atoms with Crippen LogP contribution >= 0.6 is 0 Å². The van der Waals surface area contributed by atoms with Crippen LogP contribution < -0.4 is 4.31 Å². The minimum absolute atomic E-state index is 0.831. The molecule has 0 amide bonds. The Hall–Kier alpha value is -1.88. The molecular formula is C11H8N2O2S. The maximum atomic E-state index is 11.5. The van der Waals surface area contributed by atoms with Gasteiger partial charge in [-0.2, -0.15) is 4.21 Å². The highest BCUT2D eigenvalue weighted by Gasteiger charge is 2.20. The van der Waals surface area contributed by atoms with Crippen LogP contribution in [0.25, 0.3) is 10.8 Å². The van der Waals surface area contributed by atoms with Crippen LogP contribution in [0.3, 0.4) is 0 Å². The Morgan fingerprint density at radius 1 is 1.12 bits per heavy atom. The van der Waals surface area contributed by atoms with Gasteiger partial charge >= 0.3 is 11.3 Å². The third kappa shape index (κ3) is 1.37. The Morgan fingerprint density at radius 2 is 1.94 bits per heavy atom. The molecule has 0 bridgehead atoms. The van der Waals surface area contributed by atoms with E-state index in [2.05, 4.69) is 9.44 Å². The Labute approximate surface area is 94.9 Å². The molecule has 80 valence electrons. The largest absolute Gasteiger partial charge is 0.345 e. The summed E-state index contributed by atoms with van der Waals surface area (Å²) >= 11 is -1.56. The van der Waals surface area contributed by atoms with Gasteiger partial charge in [-0.1, -0.05) is 41.6 Å². The van der Waals surface area contributed by atoms with Gasteiger partial charge in [0.15, 0.2) is 6.34 Å². The number of oxime groups is 1. The van der Waals surface area contributed by atoms with Gasteiger partial charge in [0.05, 0.1) is 5.69 Å². The molecule has 0 radical (unpaired) electrons. The van der Waals surface area contributed by atoms with E-state index in [9.17, 15) is 4.21 Å². The van der Waals surface area contributed by atoms with Crippen molar-refractivity contribution in [2.75, 3.05) is 4.31 Å². The second-order valence-corrected chi connectivity index (χ2v) is 4.31. The lowest BCUT2D eigenvalue weighted by Crippen LogP contribution is -2.18. The predicted octanol–water partition coefficient (Wildman–Crippen LogP) is 2.20. The molecule has 0 fully saturated rings. The van der Waals surface area contributed by atoms with Crippen molar-refractivity contribution in [3.05, 3.63) is 42.5 Å². The molecule has 16 heavy (non-hydrogen) atoms. The maximum absolute atomic E-state index is 11.5. The predicted molar refractivity (Wildman–Crippen MR) is 64.1 cm³/mol. The van der Waals surface area contributed by atoms with Crippen molar-refractivity contribution in [1.29, 1.82) is 0 Å². The highest BCUT2D eigenvalue weighted by molar-refractivity contribution is 7.82. The zero-order valence-electron chi connectivity index (χ0n) is 8.24. The first-order valence-electron chi connectivity index (χ1n) is 4.76. The van der Waals surface area contributed by atoms with E-state index in [4.69, 9.17) is 0 Å². The van der Waals surface area contributed by atoms with E-state index in [-0.39, 0.29) is 0 Å². The van der Waals surface area contributed by atoms with E-state index in [1.165, 1.54) is 10.6 Å². The van der Waals surface area contributed by atoms with E-state index in [1.807, 2.05) is 42.5 Å². The molecule has 1 heterocycles. The summed E-state index contributed by atoms with van der Waals surface area (Å²) in [7, 11) is 0. The van der Waals surface area contributed by atoms with Crippen molar-refractivity contribution in [2.45, 2.75) is 0 Å². The number of rotatable bonds is 1. The monoisotopic (exact) mass is 232 g/mol. The highest BCUT2D eigenvalue weighted by Crippen LogP contribution is 2.28. The molecule has 0 spiro atoms. The lowest BCUT2D eigenvalue weighted by Gasteiger charge is -2.12. The smallest absolute Gasteiger partial charge is 0.269 e. The molecule has 0 N–H and O–H groups in total. The highest BCUT2D eigenvalue weighted by atomic mass is 32.2. The SMILES string of the molecule is O=S1ON=CN1c1cccc2ccccc12. The number of benzene rings is 2. The van der Waals surface area contributed by atoms with E-state index >= 15 is 0 Å². The Bertz CT molecular complexity index is 592. The number of hydrogen-bond donors (Lipinski definition) is 0. The van der Waals surface area contributed by atoms with Crippen molar-refractivity contribution >= 4 is 34.1 Å². The fourth-order valence-electron chi connectivity index (χ4n) is 1.72. The van der Waals surface area contributed by atoms with Crippen molar-refractivity contribution in [1.82, 2.24) is 0 Å². The minimum Gasteiger partial charge on any atom is -0.269 e. The van der Waals surface area contributed by atoms with Gasteiger partial charge < -0.3 is 0 Å². The molecule has 1 atom stereocenters. The van der Waals surface area contributed by atoms with E-state index in [1.54, 1.807) is 0 Å². The summed E-state index contributed by atoms with van der Waals surface area (Å²) in [4.78, 5) is 0. The van der Waals surface area contributed by atoms with Crippen LogP contribution in [0.5, 0.6) is 0 Å². The number of fused-ring (bicyclic) bond motifs is 1. The standard InChI is InChI=1S/C11H8N2O2S/c14-16-13(8-12-15-16)11-7-3-5-9-4-1-2-6-10(9)11/h1-8H. The third-order valence-electron chi connectivity index (χ3n) is 2.42. The van der Waals surface area contributed by atoms with Gasteiger partial charge in [-0.3, -0.25) is 4.28 Å². The zero-order chi connectivity index (χ0) is 11.0. The number of hydrogen-bond acceptors (Lipinski definition) is 3. The van der Waals surface area contributed by atoms with Gasteiger partial charge in [0.1, 0.15) is 0 Å². The second-order valence-electron chi connectivity index (χ2n) is 3.34. The molecule has 3 rings (SSSR count). The van der Waals surface area contributed by atoms with Crippen LogP contribution in [-0.2, 0) is 15.6 Å². The van der Waals surface area contributed by atoms with Crippen LogP contribution in [0.1, 0.15) is 0 Å². The average Bonchev–Trinajstić information content (AvgIpc) is 2.75. The maximum Gasteiger partial charge on any atom is 0.345 e. The first kappa shape index (κ1) is 9.35. The lowest BCUT2D eigenvalue weighted by molar-refractivity contribution is 0.387. The molecule has 0 aliphatic carbocycles. The normalized spacial score (nSPS) is 19.0. The summed E-state index contributed by atoms with van der Waals surface area (Å²) < 4.78 is 17.6. The quantitative estimate of drug-likeness (QED) is 0.756. The van der Waals surface area contributed by atoms with Crippen LogP contribution in [0, 0.1) is 0 Å². The van der Waals surface area contributed by atoms with Gasteiger partial charge in [0.25, 0.3) is 0 Å². The average molecular weight is 232 g/mol. The zero-order valence-corrected chi connectivity index (χ0v) is 9.05. The molecule has 1 unspecified atom stereocenters. The van der Waals surface area contributed by atoms with Crippen molar-refractivity contribution < 1.29 is 8.49 Å². The van der Waals surface area contributed by atoms with Gasteiger partial charge in [0, 0.05) is 5.39 Å². The van der Waals surface area contributed by atoms with E-state index in [0.29, 0.717) is 0 Å². The molecule has 0 aromatic heterocycles. The van der Waals surface area contributed by atoms with Crippen LogP contribution in [-0.4, -0.2) is 10.5 Å². The summed E-state index contributed by atoms with van der Waals surface area (Å²) in [5, 5.41) is 5.65. The van der Waals surface area contributed by atoms with E-state index < -0.39 is 11.3 Å². The summed E-state index contributed by atoms with van der Waals surface area (Å²) in [6, 6.07) is 13.7. The molecule has 0 saturated heterocycles. The Balaban J connectivity index is 2.23. The first-order valence-corrected chi connectivity index (χ1v) is 5.79. The fourth-order valence-corrected chi connectivity index (χ4v) is 2.34. The van der Waals surface area contributed by atoms with Crippen molar-refractivity contribution in [3.8, 4) is 0 Å². The summed E-state index contributed by atoms with van der Waals surface area (Å²) in [6.07, 6.45) is 1.43. The summed E-state index contributed by atoms with van der Waals surface area (Å²) in [5.41, 5.74) is 0.831. The number of anilines is 1. The van der Waals surface area contributed by atoms with Gasteiger partial charge in [-0.05, 0) is 11.5 Å².